The van der Waals surface area contributed by atoms with E-state index in [1.807, 2.05) is 31.7 Å². The number of benzene rings is 2. The minimum absolute atomic E-state index is 0. The zero-order valence-corrected chi connectivity index (χ0v) is 21.0. The van der Waals surface area contributed by atoms with E-state index < -0.39 is 0 Å². The summed E-state index contributed by atoms with van der Waals surface area (Å²) in [6.07, 6.45) is 5.63. The van der Waals surface area contributed by atoms with Crippen molar-refractivity contribution in [2.24, 2.45) is 4.99 Å². The molecule has 3 aromatic rings. The number of imidazole rings is 1. The molecule has 2 heterocycles. The van der Waals surface area contributed by atoms with E-state index >= 15 is 0 Å². The fraction of sp³-hybridized carbons (Fsp3) is 0.333. The van der Waals surface area contributed by atoms with E-state index in [1.54, 1.807) is 13.3 Å². The molecule has 1 aromatic heterocycles. The molecule has 1 aliphatic heterocycles. The number of anilines is 1. The van der Waals surface area contributed by atoms with Crippen LogP contribution in [0.5, 0.6) is 5.75 Å². The second kappa shape index (κ2) is 11.8. The number of rotatable bonds is 6. The first-order chi connectivity index (χ1) is 15.2. The molecule has 4 rings (SSSR count). The van der Waals surface area contributed by atoms with Crippen molar-refractivity contribution < 1.29 is 4.74 Å². The summed E-state index contributed by atoms with van der Waals surface area (Å²) in [4.78, 5) is 13.3. The molecule has 2 aromatic carbocycles. The number of aromatic nitrogens is 2. The summed E-state index contributed by atoms with van der Waals surface area (Å²) in [5.74, 6) is 1.85. The van der Waals surface area contributed by atoms with E-state index in [-0.39, 0.29) is 24.0 Å². The average Bonchev–Trinajstić information content (AvgIpc) is 3.34. The fourth-order valence-corrected chi connectivity index (χ4v) is 3.85. The molecular formula is C24H31IN6O. The first kappa shape index (κ1) is 23.9. The van der Waals surface area contributed by atoms with Crippen LogP contribution >= 0.6 is 24.0 Å². The third-order valence-corrected chi connectivity index (χ3v) is 5.61. The SMILES string of the molecule is CN=C(NCc1ccc(Cn2ccnc2)cc1)N1CCN(c2cccc(OC)c2)CC1.I. The quantitative estimate of drug-likeness (QED) is 0.292. The van der Waals surface area contributed by atoms with Crippen LogP contribution in [0.1, 0.15) is 11.1 Å². The number of ether oxygens (including phenoxy) is 1. The molecule has 1 N–H and O–H groups in total. The second-order valence-electron chi connectivity index (χ2n) is 7.63. The normalized spacial score (nSPS) is 14.1. The van der Waals surface area contributed by atoms with E-state index in [1.165, 1.54) is 16.8 Å². The van der Waals surface area contributed by atoms with Crippen molar-refractivity contribution in [3.8, 4) is 5.75 Å². The van der Waals surface area contributed by atoms with E-state index in [4.69, 9.17) is 4.74 Å². The van der Waals surface area contributed by atoms with Gasteiger partial charge in [-0.1, -0.05) is 30.3 Å². The number of nitrogens with zero attached hydrogens (tertiary/aromatic N) is 5. The Kier molecular flexibility index (Phi) is 8.78. The van der Waals surface area contributed by atoms with Crippen LogP contribution < -0.4 is 15.0 Å². The summed E-state index contributed by atoms with van der Waals surface area (Å²) in [6, 6.07) is 17.0. The van der Waals surface area contributed by atoms with Gasteiger partial charge in [-0.2, -0.15) is 0 Å². The van der Waals surface area contributed by atoms with Gasteiger partial charge in [0, 0.05) is 70.5 Å². The van der Waals surface area contributed by atoms with Crippen LogP contribution in [-0.2, 0) is 13.1 Å². The molecule has 1 fully saturated rings. The van der Waals surface area contributed by atoms with Crippen molar-refractivity contribution in [1.29, 1.82) is 0 Å². The summed E-state index contributed by atoms with van der Waals surface area (Å²) in [6.45, 7) is 5.37. The zero-order valence-electron chi connectivity index (χ0n) is 18.6. The molecule has 1 aliphatic rings. The summed E-state index contributed by atoms with van der Waals surface area (Å²) in [5, 5.41) is 3.52. The number of methoxy groups -OCH3 is 1. The van der Waals surface area contributed by atoms with Crippen LogP contribution in [0.3, 0.4) is 0 Å². The largest absolute Gasteiger partial charge is 0.497 e. The van der Waals surface area contributed by atoms with Gasteiger partial charge in [-0.05, 0) is 23.3 Å². The Hall–Kier alpha value is -2.75. The van der Waals surface area contributed by atoms with Gasteiger partial charge in [0.05, 0.1) is 13.4 Å². The van der Waals surface area contributed by atoms with Gasteiger partial charge in [0.2, 0.25) is 0 Å². The number of hydrogen-bond donors (Lipinski definition) is 1. The minimum atomic E-state index is 0. The van der Waals surface area contributed by atoms with Gasteiger partial charge >= 0.3 is 0 Å². The predicted octanol–water partition coefficient (Wildman–Crippen LogP) is 3.46. The highest BCUT2D eigenvalue weighted by atomic mass is 127. The van der Waals surface area contributed by atoms with E-state index in [9.17, 15) is 0 Å². The van der Waals surface area contributed by atoms with Crippen molar-refractivity contribution in [3.63, 3.8) is 0 Å². The van der Waals surface area contributed by atoms with Crippen molar-refractivity contribution in [3.05, 3.63) is 78.4 Å². The zero-order chi connectivity index (χ0) is 21.5. The standard InChI is InChI=1S/C24H30N6O.HI/c1-25-24(27-17-20-6-8-21(9-7-20)18-28-11-10-26-19-28)30-14-12-29(13-15-30)22-4-3-5-23(16-22)31-2;/h3-11,16,19H,12-15,17-18H2,1-2H3,(H,25,27);1H. The fourth-order valence-electron chi connectivity index (χ4n) is 3.85. The molecule has 0 aliphatic carbocycles. The Morgan fingerprint density at radius 1 is 1.06 bits per heavy atom. The van der Waals surface area contributed by atoms with Gasteiger partial charge in [0.1, 0.15) is 5.75 Å². The molecule has 7 nitrogen and oxygen atoms in total. The monoisotopic (exact) mass is 546 g/mol. The molecule has 170 valence electrons. The maximum absolute atomic E-state index is 5.36. The molecule has 1 saturated heterocycles. The first-order valence-electron chi connectivity index (χ1n) is 10.6. The lowest BCUT2D eigenvalue weighted by molar-refractivity contribution is 0.372. The molecule has 0 amide bonds. The molecule has 0 unspecified atom stereocenters. The molecule has 0 spiro atoms. The maximum Gasteiger partial charge on any atom is 0.194 e. The predicted molar refractivity (Wildman–Crippen MR) is 140 cm³/mol. The van der Waals surface area contributed by atoms with Gasteiger partial charge in [0.25, 0.3) is 0 Å². The maximum atomic E-state index is 5.36. The number of piperazine rings is 1. The number of aliphatic imine (C=N–C) groups is 1. The Bertz CT molecular complexity index is 982. The van der Waals surface area contributed by atoms with Gasteiger partial charge in [-0.3, -0.25) is 4.99 Å². The molecular weight excluding hydrogens is 515 g/mol. The van der Waals surface area contributed by atoms with Crippen molar-refractivity contribution >= 4 is 35.6 Å². The number of guanidine groups is 1. The van der Waals surface area contributed by atoms with E-state index in [0.29, 0.717) is 0 Å². The molecule has 0 atom stereocenters. The molecule has 0 radical (unpaired) electrons. The summed E-state index contributed by atoms with van der Waals surface area (Å²) < 4.78 is 7.43. The smallest absolute Gasteiger partial charge is 0.194 e. The highest BCUT2D eigenvalue weighted by Gasteiger charge is 2.20. The molecule has 0 bridgehead atoms. The van der Waals surface area contributed by atoms with E-state index in [0.717, 1.165) is 51.0 Å². The van der Waals surface area contributed by atoms with Crippen LogP contribution in [-0.4, -0.2) is 60.7 Å². The van der Waals surface area contributed by atoms with Crippen LogP contribution in [0.15, 0.2) is 72.2 Å². The van der Waals surface area contributed by atoms with Crippen LogP contribution in [0.2, 0.25) is 0 Å². The summed E-state index contributed by atoms with van der Waals surface area (Å²) in [7, 11) is 3.56. The van der Waals surface area contributed by atoms with E-state index in [2.05, 4.69) is 66.1 Å². The van der Waals surface area contributed by atoms with Crippen molar-refractivity contribution in [2.45, 2.75) is 13.1 Å². The third kappa shape index (κ3) is 6.15. The summed E-state index contributed by atoms with van der Waals surface area (Å²) >= 11 is 0. The van der Waals surface area contributed by atoms with Crippen LogP contribution in [0.4, 0.5) is 5.69 Å². The van der Waals surface area contributed by atoms with Crippen LogP contribution in [0, 0.1) is 0 Å². The van der Waals surface area contributed by atoms with Crippen molar-refractivity contribution in [1.82, 2.24) is 19.8 Å². The first-order valence-corrected chi connectivity index (χ1v) is 10.6. The lowest BCUT2D eigenvalue weighted by Gasteiger charge is -2.37. The number of hydrogen-bond acceptors (Lipinski definition) is 4. The van der Waals surface area contributed by atoms with Gasteiger partial charge in [-0.25, -0.2) is 4.98 Å². The molecule has 8 heteroatoms. The highest BCUT2D eigenvalue weighted by Crippen LogP contribution is 2.22. The lowest BCUT2D eigenvalue weighted by Crippen LogP contribution is -2.52. The summed E-state index contributed by atoms with van der Waals surface area (Å²) in [5.41, 5.74) is 3.71. The van der Waals surface area contributed by atoms with Gasteiger partial charge in [-0.15, -0.1) is 24.0 Å². The minimum Gasteiger partial charge on any atom is -0.497 e. The Morgan fingerprint density at radius 2 is 1.81 bits per heavy atom. The van der Waals surface area contributed by atoms with Crippen molar-refractivity contribution in [2.75, 3.05) is 45.2 Å². The average molecular weight is 546 g/mol. The van der Waals surface area contributed by atoms with Crippen LogP contribution in [0.25, 0.3) is 0 Å². The molecule has 32 heavy (non-hydrogen) atoms. The topological polar surface area (TPSA) is 57.9 Å². The Labute approximate surface area is 207 Å². The van der Waals surface area contributed by atoms with Gasteiger partial charge in [0.15, 0.2) is 5.96 Å². The Balaban J connectivity index is 0.00000289. The number of nitrogens with one attached hydrogen (secondary N) is 1. The Morgan fingerprint density at radius 3 is 2.47 bits per heavy atom. The third-order valence-electron chi connectivity index (χ3n) is 5.61. The lowest BCUT2D eigenvalue weighted by atomic mass is 10.1. The van der Waals surface area contributed by atoms with Gasteiger partial charge < -0.3 is 24.4 Å². The molecule has 0 saturated carbocycles. The highest BCUT2D eigenvalue weighted by molar-refractivity contribution is 14.0. The second-order valence-corrected chi connectivity index (χ2v) is 7.63. The number of halogens is 1.